The second-order valence-corrected chi connectivity index (χ2v) is 5.86. The van der Waals surface area contributed by atoms with E-state index in [1.165, 1.54) is 23.4 Å². The number of nitrogens with one attached hydrogen (secondary N) is 1. The molecule has 17 heavy (non-hydrogen) atoms. The number of amides is 1. The Kier molecular flexibility index (Phi) is 4.15. The van der Waals surface area contributed by atoms with Crippen LogP contribution in [-0.4, -0.2) is 10.9 Å². The number of aryl methyl sites for hydroxylation is 2. The second-order valence-electron chi connectivity index (χ2n) is 4.77. The Morgan fingerprint density at radius 1 is 1.47 bits per heavy atom. The Hall–Kier alpha value is -0.900. The van der Waals surface area contributed by atoms with Gasteiger partial charge in [0.2, 0.25) is 5.91 Å². The molecule has 0 saturated heterocycles. The molecule has 0 spiro atoms. The average molecular weight is 252 g/mol. The molecular weight excluding hydrogens is 232 g/mol. The summed E-state index contributed by atoms with van der Waals surface area (Å²) >= 11 is 1.66. The molecular formula is C13H20N2OS. The van der Waals surface area contributed by atoms with E-state index in [2.05, 4.69) is 17.2 Å². The summed E-state index contributed by atoms with van der Waals surface area (Å²) in [6, 6.07) is 0. The highest BCUT2D eigenvalue weighted by Crippen LogP contribution is 2.29. The van der Waals surface area contributed by atoms with Gasteiger partial charge in [0.05, 0.1) is 5.69 Å². The molecule has 0 fully saturated rings. The molecule has 94 valence electrons. The van der Waals surface area contributed by atoms with Crippen LogP contribution in [0.5, 0.6) is 0 Å². The summed E-state index contributed by atoms with van der Waals surface area (Å²) in [4.78, 5) is 17.8. The van der Waals surface area contributed by atoms with E-state index in [9.17, 15) is 4.79 Å². The van der Waals surface area contributed by atoms with E-state index in [1.807, 2.05) is 6.92 Å². The quantitative estimate of drug-likeness (QED) is 0.892. The smallest absolute Gasteiger partial charge is 0.228 e. The van der Waals surface area contributed by atoms with Crippen molar-refractivity contribution in [2.45, 2.75) is 52.4 Å². The van der Waals surface area contributed by atoms with Crippen molar-refractivity contribution < 1.29 is 4.79 Å². The summed E-state index contributed by atoms with van der Waals surface area (Å²) in [5, 5.41) is 3.75. The molecule has 0 aromatic carbocycles. The Labute approximate surface area is 107 Å². The van der Waals surface area contributed by atoms with Gasteiger partial charge >= 0.3 is 0 Å². The van der Waals surface area contributed by atoms with Crippen molar-refractivity contribution in [3.63, 3.8) is 0 Å². The molecule has 1 amide bonds. The minimum atomic E-state index is 0.0842. The van der Waals surface area contributed by atoms with E-state index in [4.69, 9.17) is 0 Å². The number of hydrogen-bond donors (Lipinski definition) is 1. The van der Waals surface area contributed by atoms with E-state index in [-0.39, 0.29) is 11.8 Å². The molecule has 2 rings (SSSR count). The predicted molar refractivity (Wildman–Crippen MR) is 71.5 cm³/mol. The van der Waals surface area contributed by atoms with Gasteiger partial charge in [0.1, 0.15) is 0 Å². The molecule has 1 aliphatic carbocycles. The SMILES string of the molecule is CCCC(C)C(=O)Nc1nc2c(s1)CCCC2. The highest BCUT2D eigenvalue weighted by molar-refractivity contribution is 7.15. The molecule has 1 aromatic heterocycles. The molecule has 1 aromatic rings. The van der Waals surface area contributed by atoms with Gasteiger partial charge in [0.25, 0.3) is 0 Å². The number of rotatable bonds is 4. The van der Waals surface area contributed by atoms with Crippen LogP contribution in [0.15, 0.2) is 0 Å². The van der Waals surface area contributed by atoms with Crippen molar-refractivity contribution in [1.29, 1.82) is 0 Å². The summed E-state index contributed by atoms with van der Waals surface area (Å²) in [5.41, 5.74) is 1.21. The van der Waals surface area contributed by atoms with E-state index in [1.54, 1.807) is 11.3 Å². The van der Waals surface area contributed by atoms with Crippen LogP contribution in [0, 0.1) is 5.92 Å². The van der Waals surface area contributed by atoms with E-state index < -0.39 is 0 Å². The number of carbonyl (C=O) groups excluding carboxylic acids is 1. The molecule has 1 unspecified atom stereocenters. The average Bonchev–Trinajstić information content (AvgIpc) is 2.71. The monoisotopic (exact) mass is 252 g/mol. The van der Waals surface area contributed by atoms with Gasteiger partial charge < -0.3 is 5.32 Å². The normalized spacial score (nSPS) is 16.4. The van der Waals surface area contributed by atoms with E-state index >= 15 is 0 Å². The van der Waals surface area contributed by atoms with Gasteiger partial charge in [0, 0.05) is 10.8 Å². The highest BCUT2D eigenvalue weighted by atomic mass is 32.1. The van der Waals surface area contributed by atoms with Gasteiger partial charge in [-0.25, -0.2) is 4.98 Å². The zero-order chi connectivity index (χ0) is 12.3. The summed E-state index contributed by atoms with van der Waals surface area (Å²) < 4.78 is 0. The fourth-order valence-corrected chi connectivity index (χ4v) is 3.25. The zero-order valence-electron chi connectivity index (χ0n) is 10.6. The van der Waals surface area contributed by atoms with Gasteiger partial charge in [-0.1, -0.05) is 20.3 Å². The van der Waals surface area contributed by atoms with Crippen molar-refractivity contribution in [2.75, 3.05) is 5.32 Å². The number of carbonyl (C=O) groups is 1. The molecule has 3 nitrogen and oxygen atoms in total. The van der Waals surface area contributed by atoms with Crippen molar-refractivity contribution in [2.24, 2.45) is 5.92 Å². The van der Waals surface area contributed by atoms with Crippen molar-refractivity contribution in [3.8, 4) is 0 Å². The van der Waals surface area contributed by atoms with Crippen LogP contribution in [0.3, 0.4) is 0 Å². The van der Waals surface area contributed by atoms with E-state index in [0.717, 1.165) is 30.8 Å². The van der Waals surface area contributed by atoms with Gasteiger partial charge in [-0.15, -0.1) is 11.3 Å². The van der Waals surface area contributed by atoms with Crippen LogP contribution in [0.1, 0.15) is 50.1 Å². The second kappa shape index (κ2) is 5.63. The predicted octanol–water partition coefficient (Wildman–Crippen LogP) is 3.40. The first kappa shape index (κ1) is 12.6. The maximum atomic E-state index is 11.9. The number of fused-ring (bicyclic) bond motifs is 1. The van der Waals surface area contributed by atoms with Crippen LogP contribution < -0.4 is 5.32 Å². The first-order valence-corrected chi connectivity index (χ1v) is 7.31. The standard InChI is InChI=1S/C13H20N2OS/c1-3-6-9(2)12(16)15-13-14-10-7-4-5-8-11(10)17-13/h9H,3-8H2,1-2H3,(H,14,15,16). The first-order chi connectivity index (χ1) is 8.20. The third kappa shape index (κ3) is 3.06. The zero-order valence-corrected chi connectivity index (χ0v) is 11.4. The number of anilines is 1. The lowest BCUT2D eigenvalue weighted by molar-refractivity contribution is -0.119. The fourth-order valence-electron chi connectivity index (χ4n) is 2.20. The third-order valence-electron chi connectivity index (χ3n) is 3.25. The largest absolute Gasteiger partial charge is 0.302 e. The van der Waals surface area contributed by atoms with Crippen LogP contribution in [0.2, 0.25) is 0 Å². The minimum absolute atomic E-state index is 0.0842. The number of hydrogen-bond acceptors (Lipinski definition) is 3. The van der Waals surface area contributed by atoms with Crippen molar-refractivity contribution in [3.05, 3.63) is 10.6 Å². The lowest BCUT2D eigenvalue weighted by Gasteiger charge is -2.08. The Bertz CT molecular complexity index is 377. The first-order valence-electron chi connectivity index (χ1n) is 6.50. The molecule has 0 radical (unpaired) electrons. The molecule has 1 N–H and O–H groups in total. The van der Waals surface area contributed by atoms with Gasteiger partial charge in [-0.3, -0.25) is 4.79 Å². The Morgan fingerprint density at radius 2 is 2.24 bits per heavy atom. The number of thiazole rings is 1. The summed E-state index contributed by atoms with van der Waals surface area (Å²) in [5.74, 6) is 0.193. The molecule has 0 saturated carbocycles. The number of nitrogens with zero attached hydrogens (tertiary/aromatic N) is 1. The van der Waals surface area contributed by atoms with E-state index in [0.29, 0.717) is 0 Å². The fraction of sp³-hybridized carbons (Fsp3) is 0.692. The Morgan fingerprint density at radius 3 is 2.94 bits per heavy atom. The van der Waals surface area contributed by atoms with Crippen molar-refractivity contribution in [1.82, 2.24) is 4.98 Å². The van der Waals surface area contributed by atoms with Gasteiger partial charge in [0.15, 0.2) is 5.13 Å². The topological polar surface area (TPSA) is 42.0 Å². The van der Waals surface area contributed by atoms with Crippen LogP contribution in [0.25, 0.3) is 0 Å². The highest BCUT2D eigenvalue weighted by Gasteiger charge is 2.18. The molecule has 1 atom stereocenters. The van der Waals surface area contributed by atoms with Crippen LogP contribution >= 0.6 is 11.3 Å². The molecule has 1 heterocycles. The molecule has 0 aliphatic heterocycles. The lowest BCUT2D eigenvalue weighted by atomic mass is 10.0. The molecule has 0 bridgehead atoms. The third-order valence-corrected chi connectivity index (χ3v) is 4.32. The number of aromatic nitrogens is 1. The Balaban J connectivity index is 1.99. The van der Waals surface area contributed by atoms with Gasteiger partial charge in [-0.2, -0.15) is 0 Å². The van der Waals surface area contributed by atoms with Crippen LogP contribution in [-0.2, 0) is 17.6 Å². The molecule has 4 heteroatoms. The maximum absolute atomic E-state index is 11.9. The minimum Gasteiger partial charge on any atom is -0.302 e. The van der Waals surface area contributed by atoms with Gasteiger partial charge in [-0.05, 0) is 32.1 Å². The summed E-state index contributed by atoms with van der Waals surface area (Å²) in [6.07, 6.45) is 6.69. The summed E-state index contributed by atoms with van der Waals surface area (Å²) in [7, 11) is 0. The molecule has 1 aliphatic rings. The maximum Gasteiger partial charge on any atom is 0.228 e. The van der Waals surface area contributed by atoms with Crippen LogP contribution in [0.4, 0.5) is 5.13 Å². The summed E-state index contributed by atoms with van der Waals surface area (Å²) in [6.45, 7) is 4.08. The van der Waals surface area contributed by atoms with Crippen molar-refractivity contribution >= 4 is 22.4 Å². The lowest BCUT2D eigenvalue weighted by Crippen LogP contribution is -2.20.